The maximum atomic E-state index is 10.1. The predicted octanol–water partition coefficient (Wildman–Crippen LogP) is 5.36. The minimum atomic E-state index is -0.305. The van der Waals surface area contributed by atoms with E-state index in [2.05, 4.69) is 49.7 Å². The Morgan fingerprint density at radius 3 is 1.80 bits per heavy atom. The molecule has 0 amide bonds. The molecule has 136 valence electrons. The summed E-state index contributed by atoms with van der Waals surface area (Å²) < 4.78 is 2.08. The molecule has 0 aromatic heterocycles. The molecule has 2 radical (unpaired) electrons. The van der Waals surface area contributed by atoms with E-state index >= 15 is 0 Å². The van der Waals surface area contributed by atoms with Crippen LogP contribution in [-0.2, 0) is 12.8 Å². The molecule has 0 heterocycles. The van der Waals surface area contributed by atoms with Crippen molar-refractivity contribution in [2.45, 2.75) is 20.3 Å². The smallest absolute Gasteiger partial charge is 0.207 e. The summed E-state index contributed by atoms with van der Waals surface area (Å²) in [5, 5.41) is 10.1. The average molecular weight is 584 g/mol. The molecule has 0 saturated carbocycles. The monoisotopic (exact) mass is 582 g/mol. The molecular weight excluding hydrogens is 562 g/mol. The molecule has 4 nitrogen and oxygen atoms in total. The molecule has 0 aliphatic heterocycles. The molecule has 2 aromatic rings. The standard InChI is InChI=1S/C8H8BrNO2.C8H10BrN.CH4.BI/c9-8-3-1-2-7(6-8)4-5-10(11)12;9-8-3-1-2-7(6-8)4-5-10;;1-2/h1-3,6H,4-5H2;1-3,6H,4-5,10H2;1H4;. The van der Waals surface area contributed by atoms with E-state index in [1.54, 1.807) is 22.4 Å². The molecule has 0 bridgehead atoms. The fourth-order valence-corrected chi connectivity index (χ4v) is 2.67. The van der Waals surface area contributed by atoms with Crippen LogP contribution >= 0.6 is 54.2 Å². The van der Waals surface area contributed by atoms with Crippen molar-refractivity contribution in [2.75, 3.05) is 13.1 Å². The molecule has 0 fully saturated rings. The van der Waals surface area contributed by atoms with Gasteiger partial charge in [0.2, 0.25) is 6.54 Å². The first-order valence-corrected chi connectivity index (χ1v) is 9.87. The first-order chi connectivity index (χ1) is 11.5. The Morgan fingerprint density at radius 1 is 1.00 bits per heavy atom. The third kappa shape index (κ3) is 14.4. The van der Waals surface area contributed by atoms with Crippen LogP contribution in [0.2, 0.25) is 0 Å². The predicted molar refractivity (Wildman–Crippen MR) is 123 cm³/mol. The first kappa shape index (κ1) is 26.8. The minimum Gasteiger partial charge on any atom is -0.330 e. The van der Waals surface area contributed by atoms with Gasteiger partial charge in [0.05, 0.1) is 0 Å². The van der Waals surface area contributed by atoms with Crippen LogP contribution in [0.25, 0.3) is 0 Å². The lowest BCUT2D eigenvalue weighted by Crippen LogP contribution is -2.03. The Kier molecular flexibility index (Phi) is 18.2. The van der Waals surface area contributed by atoms with Gasteiger partial charge in [-0.2, -0.15) is 22.4 Å². The second-order valence-corrected chi connectivity index (χ2v) is 6.44. The fourth-order valence-electron chi connectivity index (χ4n) is 1.77. The number of rotatable bonds is 5. The molecule has 0 spiro atoms. The van der Waals surface area contributed by atoms with Crippen molar-refractivity contribution >= 4 is 59.9 Å². The molecule has 25 heavy (non-hydrogen) atoms. The second kappa shape index (κ2) is 17.0. The van der Waals surface area contributed by atoms with Crippen LogP contribution in [0.3, 0.4) is 0 Å². The lowest BCUT2D eigenvalue weighted by Gasteiger charge is -1.97. The van der Waals surface area contributed by atoms with E-state index in [1.807, 2.05) is 36.4 Å². The molecule has 0 atom stereocenters. The Hall–Kier alpha value is -0.445. The molecule has 2 N–H and O–H groups in total. The van der Waals surface area contributed by atoms with Crippen LogP contribution < -0.4 is 5.73 Å². The van der Waals surface area contributed by atoms with Gasteiger partial charge in [0.25, 0.3) is 0 Å². The lowest BCUT2D eigenvalue weighted by atomic mass is 10.2. The highest BCUT2D eigenvalue weighted by atomic mass is 127. The maximum Gasteiger partial charge on any atom is 0.207 e. The maximum absolute atomic E-state index is 10.1. The van der Waals surface area contributed by atoms with Crippen LogP contribution in [0.4, 0.5) is 0 Å². The SMILES string of the molecule is C.NCCc1cccc(Br)c1.O=[N+]([O-])CCc1cccc(Br)c1.[B]I. The van der Waals surface area contributed by atoms with Crippen LogP contribution in [0.15, 0.2) is 57.5 Å². The topological polar surface area (TPSA) is 69.2 Å². The van der Waals surface area contributed by atoms with Crippen molar-refractivity contribution in [3.05, 3.63) is 78.7 Å². The van der Waals surface area contributed by atoms with E-state index < -0.39 is 0 Å². The van der Waals surface area contributed by atoms with Crippen LogP contribution in [-0.4, -0.2) is 23.7 Å². The molecule has 0 saturated heterocycles. The van der Waals surface area contributed by atoms with E-state index in [0.717, 1.165) is 27.5 Å². The number of nitrogens with zero attached hydrogens (tertiary/aromatic N) is 1. The molecule has 8 heteroatoms. The Balaban J connectivity index is 0. The minimum absolute atomic E-state index is 0. The summed E-state index contributed by atoms with van der Waals surface area (Å²) >= 11 is 8.34. The number of hydrogen-bond acceptors (Lipinski definition) is 3. The molecule has 2 aromatic carbocycles. The third-order valence-electron chi connectivity index (χ3n) is 2.79. The summed E-state index contributed by atoms with van der Waals surface area (Å²) in [5.74, 6) is 0. The van der Waals surface area contributed by atoms with Gasteiger partial charge in [0.1, 0.15) is 0 Å². The van der Waals surface area contributed by atoms with E-state index in [-0.39, 0.29) is 18.9 Å². The number of hydrogen-bond donors (Lipinski definition) is 1. The zero-order chi connectivity index (χ0) is 18.4. The van der Waals surface area contributed by atoms with Gasteiger partial charge in [-0.1, -0.05) is 63.6 Å². The van der Waals surface area contributed by atoms with Crippen LogP contribution in [0.1, 0.15) is 18.6 Å². The summed E-state index contributed by atoms with van der Waals surface area (Å²) in [6, 6.07) is 15.8. The zero-order valence-electron chi connectivity index (χ0n) is 13.0. The molecule has 0 unspecified atom stereocenters. The quantitative estimate of drug-likeness (QED) is 0.223. The number of nitrogens with two attached hydrogens (primary N) is 1. The number of benzene rings is 2. The van der Waals surface area contributed by atoms with Crippen molar-refractivity contribution in [1.82, 2.24) is 0 Å². The summed E-state index contributed by atoms with van der Waals surface area (Å²) in [6.07, 6.45) is 1.45. The summed E-state index contributed by atoms with van der Waals surface area (Å²) in [6.45, 7) is 0.715. The first-order valence-electron chi connectivity index (χ1n) is 7.04. The fraction of sp³-hybridized carbons (Fsp3) is 0.294. The van der Waals surface area contributed by atoms with Gasteiger partial charge in [-0.05, 0) is 48.4 Å². The van der Waals surface area contributed by atoms with E-state index in [9.17, 15) is 10.1 Å². The molecule has 0 aliphatic rings. The van der Waals surface area contributed by atoms with Gasteiger partial charge < -0.3 is 5.73 Å². The average Bonchev–Trinajstić information content (AvgIpc) is 2.56. The summed E-state index contributed by atoms with van der Waals surface area (Å²) in [5.41, 5.74) is 12.1. The molecule has 2 rings (SSSR count). The van der Waals surface area contributed by atoms with Crippen LogP contribution in [0.5, 0.6) is 0 Å². The summed E-state index contributed by atoms with van der Waals surface area (Å²) in [4.78, 5) is 9.75. The molecule has 0 aliphatic carbocycles. The summed E-state index contributed by atoms with van der Waals surface area (Å²) in [7, 11) is 0. The Morgan fingerprint density at radius 2 is 1.44 bits per heavy atom. The van der Waals surface area contributed by atoms with Gasteiger partial charge >= 0.3 is 0 Å². The van der Waals surface area contributed by atoms with Crippen LogP contribution in [0, 0.1) is 10.1 Å². The van der Waals surface area contributed by atoms with Gasteiger partial charge in [-0.15, -0.1) is 0 Å². The van der Waals surface area contributed by atoms with Crippen molar-refractivity contribution in [3.8, 4) is 0 Å². The third-order valence-corrected chi connectivity index (χ3v) is 3.78. The second-order valence-electron chi connectivity index (χ2n) is 4.60. The normalized spacial score (nSPS) is 8.80. The van der Waals surface area contributed by atoms with Crippen molar-refractivity contribution in [1.29, 1.82) is 0 Å². The van der Waals surface area contributed by atoms with Crippen molar-refractivity contribution < 1.29 is 4.92 Å². The number of nitro groups is 1. The highest BCUT2D eigenvalue weighted by Gasteiger charge is 1.99. The van der Waals surface area contributed by atoms with Crippen molar-refractivity contribution in [2.24, 2.45) is 5.73 Å². The highest BCUT2D eigenvalue weighted by Crippen LogP contribution is 2.12. The van der Waals surface area contributed by atoms with E-state index in [1.165, 1.54) is 5.56 Å². The Labute approximate surface area is 181 Å². The van der Waals surface area contributed by atoms with E-state index in [4.69, 9.17) is 5.73 Å². The van der Waals surface area contributed by atoms with Gasteiger partial charge in [0, 0.05) is 20.3 Å². The van der Waals surface area contributed by atoms with Gasteiger partial charge in [-0.3, -0.25) is 10.1 Å². The Bertz CT molecular complexity index is 619. The lowest BCUT2D eigenvalue weighted by molar-refractivity contribution is -0.479. The van der Waals surface area contributed by atoms with Gasteiger partial charge in [0.15, 0.2) is 5.70 Å². The number of halogens is 3. The zero-order valence-corrected chi connectivity index (χ0v) is 18.3. The molecular formula is C17H22BBr2IN2O2. The van der Waals surface area contributed by atoms with E-state index in [0.29, 0.717) is 6.42 Å². The van der Waals surface area contributed by atoms with Gasteiger partial charge in [-0.25, -0.2) is 0 Å². The largest absolute Gasteiger partial charge is 0.330 e. The highest BCUT2D eigenvalue weighted by molar-refractivity contribution is 14.1. The van der Waals surface area contributed by atoms with Crippen molar-refractivity contribution in [3.63, 3.8) is 0 Å².